The minimum absolute atomic E-state index is 0.00133. The van der Waals surface area contributed by atoms with Gasteiger partial charge in [-0.15, -0.1) is 0 Å². The molecule has 126 valence electrons. The van der Waals surface area contributed by atoms with E-state index in [2.05, 4.69) is 24.1 Å². The molecule has 0 aliphatic carbocycles. The molecule has 1 aliphatic rings. The maximum absolute atomic E-state index is 12.5. The van der Waals surface area contributed by atoms with Crippen LogP contribution in [0.1, 0.15) is 44.5 Å². The fourth-order valence-electron chi connectivity index (χ4n) is 2.97. The molecule has 1 heterocycles. The smallest absolute Gasteiger partial charge is 0.241 e. The summed E-state index contributed by atoms with van der Waals surface area (Å²) in [4.78, 5) is 26.1. The molecule has 0 spiro atoms. The number of ketones is 1. The number of carbonyl (C=O) groups is 2. The molecule has 3 N–H and O–H groups in total. The number of nitrogens with zero attached hydrogens (tertiary/aromatic N) is 1. The Bertz CT molecular complexity index is 598. The molecular formula is C18H27N3O2. The molecule has 1 aromatic carbocycles. The highest BCUT2D eigenvalue weighted by Crippen LogP contribution is 2.29. The summed E-state index contributed by atoms with van der Waals surface area (Å²) in [6.07, 6.45) is 0.893. The Morgan fingerprint density at radius 1 is 1.39 bits per heavy atom. The summed E-state index contributed by atoms with van der Waals surface area (Å²) < 4.78 is 0. The second kappa shape index (κ2) is 6.81. The Kier molecular flexibility index (Phi) is 5.22. The van der Waals surface area contributed by atoms with Gasteiger partial charge in [-0.25, -0.2) is 0 Å². The summed E-state index contributed by atoms with van der Waals surface area (Å²) in [6, 6.07) is 6.97. The van der Waals surface area contributed by atoms with E-state index in [1.807, 2.05) is 6.92 Å². The Morgan fingerprint density at radius 2 is 2.09 bits per heavy atom. The Labute approximate surface area is 138 Å². The molecule has 5 heteroatoms. The van der Waals surface area contributed by atoms with E-state index in [4.69, 9.17) is 5.73 Å². The molecule has 1 amide bonds. The average Bonchev–Trinajstić information content (AvgIpc) is 2.49. The van der Waals surface area contributed by atoms with Gasteiger partial charge in [-0.05, 0) is 37.8 Å². The zero-order valence-corrected chi connectivity index (χ0v) is 14.4. The Morgan fingerprint density at radius 3 is 2.70 bits per heavy atom. The average molecular weight is 317 g/mol. The van der Waals surface area contributed by atoms with Crippen molar-refractivity contribution in [3.63, 3.8) is 0 Å². The summed E-state index contributed by atoms with van der Waals surface area (Å²) in [5.41, 5.74) is 7.41. The van der Waals surface area contributed by atoms with Crippen LogP contribution < -0.4 is 11.1 Å². The standard InChI is InChI=1S/C18H27N3O2/c1-12(21-9-8-16(19)18(3,4)11-21)17(23)20-15-7-5-6-14(10-15)13(2)22/h5-7,10,12,16H,8-9,11,19H2,1-4H3,(H,20,23). The van der Waals surface area contributed by atoms with Crippen LogP contribution in [0, 0.1) is 5.41 Å². The molecule has 0 bridgehead atoms. The lowest BCUT2D eigenvalue weighted by Crippen LogP contribution is -2.56. The van der Waals surface area contributed by atoms with E-state index in [1.165, 1.54) is 6.92 Å². The molecule has 1 aliphatic heterocycles. The third-order valence-electron chi connectivity index (χ3n) is 4.81. The van der Waals surface area contributed by atoms with Crippen LogP contribution in [0.3, 0.4) is 0 Å². The van der Waals surface area contributed by atoms with Gasteiger partial charge in [0.15, 0.2) is 5.78 Å². The first-order valence-electron chi connectivity index (χ1n) is 8.12. The number of nitrogens with one attached hydrogen (secondary N) is 1. The van der Waals surface area contributed by atoms with E-state index in [0.717, 1.165) is 19.5 Å². The first-order chi connectivity index (χ1) is 10.7. The fourth-order valence-corrected chi connectivity index (χ4v) is 2.97. The number of piperidine rings is 1. The monoisotopic (exact) mass is 317 g/mol. The maximum Gasteiger partial charge on any atom is 0.241 e. The normalized spacial score (nSPS) is 22.4. The largest absolute Gasteiger partial charge is 0.327 e. The number of nitrogens with two attached hydrogens (primary N) is 1. The third-order valence-corrected chi connectivity index (χ3v) is 4.81. The van der Waals surface area contributed by atoms with Gasteiger partial charge in [-0.2, -0.15) is 0 Å². The minimum atomic E-state index is -0.234. The number of rotatable bonds is 4. The molecular weight excluding hydrogens is 290 g/mol. The molecule has 1 saturated heterocycles. The first kappa shape index (κ1) is 17.6. The molecule has 0 aromatic heterocycles. The summed E-state index contributed by atoms with van der Waals surface area (Å²) in [5, 5.41) is 2.91. The molecule has 23 heavy (non-hydrogen) atoms. The van der Waals surface area contributed by atoms with Crippen LogP contribution in [0.5, 0.6) is 0 Å². The summed E-state index contributed by atoms with van der Waals surface area (Å²) >= 11 is 0. The van der Waals surface area contributed by atoms with Crippen molar-refractivity contribution in [2.75, 3.05) is 18.4 Å². The van der Waals surface area contributed by atoms with E-state index < -0.39 is 0 Å². The topological polar surface area (TPSA) is 75.4 Å². The van der Waals surface area contributed by atoms with E-state index in [0.29, 0.717) is 11.3 Å². The summed E-state index contributed by atoms with van der Waals surface area (Å²) in [6.45, 7) is 9.35. The summed E-state index contributed by atoms with van der Waals surface area (Å²) in [5.74, 6) is -0.0714. The lowest BCUT2D eigenvalue weighted by atomic mass is 9.79. The van der Waals surface area contributed by atoms with E-state index in [9.17, 15) is 9.59 Å². The molecule has 2 unspecified atom stereocenters. The Hall–Kier alpha value is -1.72. The quantitative estimate of drug-likeness (QED) is 0.835. The molecule has 0 saturated carbocycles. The van der Waals surface area contributed by atoms with Gasteiger partial charge in [0.1, 0.15) is 0 Å². The second-order valence-electron chi connectivity index (χ2n) is 7.16. The molecule has 2 rings (SSSR count). The number of anilines is 1. The van der Waals surface area contributed by atoms with Gasteiger partial charge >= 0.3 is 0 Å². The highest BCUT2D eigenvalue weighted by Gasteiger charge is 2.36. The van der Waals surface area contributed by atoms with Crippen molar-refractivity contribution in [1.29, 1.82) is 0 Å². The van der Waals surface area contributed by atoms with Gasteiger partial charge in [0.05, 0.1) is 6.04 Å². The van der Waals surface area contributed by atoms with Crippen molar-refractivity contribution < 1.29 is 9.59 Å². The van der Waals surface area contributed by atoms with Crippen LogP contribution in [0.25, 0.3) is 0 Å². The predicted octanol–water partition coefficient (Wildman–Crippen LogP) is 2.28. The number of carbonyl (C=O) groups excluding carboxylic acids is 2. The van der Waals surface area contributed by atoms with Crippen molar-refractivity contribution in [1.82, 2.24) is 4.90 Å². The third kappa shape index (κ3) is 4.18. The molecule has 5 nitrogen and oxygen atoms in total. The van der Waals surface area contributed by atoms with Crippen LogP contribution in [0.4, 0.5) is 5.69 Å². The molecule has 2 atom stereocenters. The van der Waals surface area contributed by atoms with Crippen molar-refractivity contribution in [2.24, 2.45) is 11.1 Å². The van der Waals surface area contributed by atoms with E-state index >= 15 is 0 Å². The Balaban J connectivity index is 2.03. The van der Waals surface area contributed by atoms with E-state index in [1.54, 1.807) is 24.3 Å². The lowest BCUT2D eigenvalue weighted by Gasteiger charge is -2.44. The van der Waals surface area contributed by atoms with Gasteiger partial charge in [0, 0.05) is 30.4 Å². The minimum Gasteiger partial charge on any atom is -0.327 e. The number of benzene rings is 1. The number of amides is 1. The highest BCUT2D eigenvalue weighted by atomic mass is 16.2. The zero-order valence-electron chi connectivity index (χ0n) is 14.4. The second-order valence-corrected chi connectivity index (χ2v) is 7.16. The van der Waals surface area contributed by atoms with Crippen LogP contribution in [-0.2, 0) is 4.79 Å². The molecule has 1 fully saturated rings. The highest BCUT2D eigenvalue weighted by molar-refractivity contribution is 5.98. The zero-order chi connectivity index (χ0) is 17.2. The fraction of sp³-hybridized carbons (Fsp3) is 0.556. The predicted molar refractivity (Wildman–Crippen MR) is 92.5 cm³/mol. The van der Waals surface area contributed by atoms with Crippen molar-refractivity contribution in [3.05, 3.63) is 29.8 Å². The number of hydrogen-bond donors (Lipinski definition) is 2. The summed E-state index contributed by atoms with van der Waals surface area (Å²) in [7, 11) is 0. The molecule has 1 aromatic rings. The number of likely N-dealkylation sites (tertiary alicyclic amines) is 1. The van der Waals surface area contributed by atoms with Crippen LogP contribution in [0.15, 0.2) is 24.3 Å². The number of Topliss-reactive ketones (excluding diaryl/α,β-unsaturated/α-hetero) is 1. The van der Waals surface area contributed by atoms with Gasteiger partial charge in [-0.1, -0.05) is 26.0 Å². The van der Waals surface area contributed by atoms with Crippen LogP contribution >= 0.6 is 0 Å². The first-order valence-corrected chi connectivity index (χ1v) is 8.12. The van der Waals surface area contributed by atoms with E-state index in [-0.39, 0.29) is 29.2 Å². The SMILES string of the molecule is CC(=O)c1cccc(NC(=O)C(C)N2CCC(N)C(C)(C)C2)c1. The van der Waals surface area contributed by atoms with Crippen LogP contribution in [-0.4, -0.2) is 41.8 Å². The van der Waals surface area contributed by atoms with Crippen LogP contribution in [0.2, 0.25) is 0 Å². The van der Waals surface area contributed by atoms with Crippen molar-refractivity contribution in [2.45, 2.75) is 46.2 Å². The lowest BCUT2D eigenvalue weighted by molar-refractivity contribution is -0.122. The van der Waals surface area contributed by atoms with Crippen molar-refractivity contribution >= 4 is 17.4 Å². The number of hydrogen-bond acceptors (Lipinski definition) is 4. The van der Waals surface area contributed by atoms with Gasteiger partial charge in [-0.3, -0.25) is 14.5 Å². The van der Waals surface area contributed by atoms with Gasteiger partial charge in [0.2, 0.25) is 5.91 Å². The molecule has 0 radical (unpaired) electrons. The van der Waals surface area contributed by atoms with Gasteiger partial charge < -0.3 is 11.1 Å². The van der Waals surface area contributed by atoms with Crippen molar-refractivity contribution in [3.8, 4) is 0 Å². The van der Waals surface area contributed by atoms with Gasteiger partial charge in [0.25, 0.3) is 0 Å². The maximum atomic E-state index is 12.5.